The van der Waals surface area contributed by atoms with E-state index in [0.29, 0.717) is 6.42 Å². The summed E-state index contributed by atoms with van der Waals surface area (Å²) in [5, 5.41) is 2.80. The second-order valence-electron chi connectivity index (χ2n) is 4.16. The number of carbonyl (C=O) groups excluding carboxylic acids is 1. The van der Waals surface area contributed by atoms with Crippen LogP contribution in [0.4, 0.5) is 0 Å². The number of hydrogen-bond acceptors (Lipinski definition) is 4. The van der Waals surface area contributed by atoms with Gasteiger partial charge in [-0.15, -0.1) is 11.3 Å². The molecule has 0 unspecified atom stereocenters. The van der Waals surface area contributed by atoms with E-state index in [-0.39, 0.29) is 0 Å². The lowest BCUT2D eigenvalue weighted by molar-refractivity contribution is -0.107. The average Bonchev–Trinajstić information content (AvgIpc) is 2.77. The molecule has 4 heteroatoms. The normalized spacial score (nSPS) is 10.4. The third-order valence-electron chi connectivity index (χ3n) is 2.71. The van der Waals surface area contributed by atoms with Crippen molar-refractivity contribution in [3.8, 4) is 17.0 Å². The van der Waals surface area contributed by atoms with Gasteiger partial charge in [-0.3, -0.25) is 0 Å². The van der Waals surface area contributed by atoms with E-state index in [1.165, 1.54) is 16.9 Å². The molecule has 0 bridgehead atoms. The predicted octanol–water partition coefficient (Wildman–Crippen LogP) is 3.18. The molecule has 0 atom stereocenters. The highest BCUT2D eigenvalue weighted by Gasteiger charge is 2.12. The summed E-state index contributed by atoms with van der Waals surface area (Å²) in [5.41, 5.74) is 4.13. The Morgan fingerprint density at radius 2 is 2.17 bits per heavy atom. The molecule has 0 radical (unpaired) electrons. The van der Waals surface area contributed by atoms with E-state index < -0.39 is 0 Å². The first-order valence-electron chi connectivity index (χ1n) is 5.69. The lowest BCUT2D eigenvalue weighted by Crippen LogP contribution is -1.93. The van der Waals surface area contributed by atoms with Gasteiger partial charge in [0, 0.05) is 10.9 Å². The van der Waals surface area contributed by atoms with Crippen LogP contribution in [0.3, 0.4) is 0 Å². The highest BCUT2D eigenvalue weighted by Crippen LogP contribution is 2.34. The van der Waals surface area contributed by atoms with Crippen LogP contribution in [0.5, 0.6) is 5.75 Å². The van der Waals surface area contributed by atoms with Gasteiger partial charge in [-0.1, -0.05) is 6.07 Å². The summed E-state index contributed by atoms with van der Waals surface area (Å²) in [7, 11) is 1.67. The molecule has 0 aliphatic rings. The molecular formula is C14H15NO2S. The zero-order valence-electron chi connectivity index (χ0n) is 10.7. The van der Waals surface area contributed by atoms with Crippen LogP contribution in [0.2, 0.25) is 0 Å². The van der Waals surface area contributed by atoms with Crippen LogP contribution in [0.25, 0.3) is 11.3 Å². The first-order valence-corrected chi connectivity index (χ1v) is 6.57. The molecule has 0 fully saturated rings. The molecule has 2 rings (SSSR count). The van der Waals surface area contributed by atoms with Gasteiger partial charge in [0.25, 0.3) is 0 Å². The fourth-order valence-electron chi connectivity index (χ4n) is 2.02. The number of nitrogens with zero attached hydrogens (tertiary/aromatic N) is 1. The van der Waals surface area contributed by atoms with Crippen molar-refractivity contribution in [3.05, 3.63) is 33.6 Å². The van der Waals surface area contributed by atoms with Crippen molar-refractivity contribution >= 4 is 17.6 Å². The van der Waals surface area contributed by atoms with E-state index in [1.54, 1.807) is 7.11 Å². The molecule has 0 N–H and O–H groups in total. The molecule has 3 nitrogen and oxygen atoms in total. The number of thiazole rings is 1. The average molecular weight is 261 g/mol. The molecule has 1 aromatic heterocycles. The number of rotatable bonds is 4. The number of aldehydes is 1. The Balaban J connectivity index is 2.51. The number of carbonyl (C=O) groups is 1. The molecule has 0 saturated carbocycles. The molecule has 0 amide bonds. The number of aryl methyl sites for hydroxylation is 2. The van der Waals surface area contributed by atoms with E-state index in [4.69, 9.17) is 4.74 Å². The summed E-state index contributed by atoms with van der Waals surface area (Å²) >= 11 is 1.50. The zero-order chi connectivity index (χ0) is 13.1. The predicted molar refractivity (Wildman–Crippen MR) is 73.3 cm³/mol. The Kier molecular flexibility index (Phi) is 3.77. The van der Waals surface area contributed by atoms with E-state index in [9.17, 15) is 4.79 Å². The molecule has 1 aromatic carbocycles. The summed E-state index contributed by atoms with van der Waals surface area (Å²) in [4.78, 5) is 15.0. The van der Waals surface area contributed by atoms with E-state index in [0.717, 1.165) is 33.9 Å². The maximum Gasteiger partial charge on any atom is 0.131 e. The maximum absolute atomic E-state index is 10.5. The first-order chi connectivity index (χ1) is 8.65. The summed E-state index contributed by atoms with van der Waals surface area (Å²) in [6, 6.07) is 4.15. The molecule has 0 aliphatic heterocycles. The van der Waals surface area contributed by atoms with Crippen molar-refractivity contribution in [1.29, 1.82) is 0 Å². The lowest BCUT2D eigenvalue weighted by atomic mass is 10.0. The van der Waals surface area contributed by atoms with Gasteiger partial charge in [-0.05, 0) is 31.0 Å². The molecular weight excluding hydrogens is 246 g/mol. The van der Waals surface area contributed by atoms with E-state index >= 15 is 0 Å². The number of hydrogen-bond donors (Lipinski definition) is 0. The number of benzene rings is 1. The molecule has 0 spiro atoms. The third-order valence-corrected chi connectivity index (χ3v) is 3.58. The van der Waals surface area contributed by atoms with Crippen molar-refractivity contribution in [2.75, 3.05) is 7.11 Å². The SMILES string of the molecule is COc1c(C)cc(C)cc1-c1csc(CC=O)n1. The van der Waals surface area contributed by atoms with Gasteiger partial charge in [-0.25, -0.2) is 4.98 Å². The Hall–Kier alpha value is -1.68. The van der Waals surface area contributed by atoms with E-state index in [1.807, 2.05) is 12.3 Å². The zero-order valence-corrected chi connectivity index (χ0v) is 11.5. The Bertz CT molecular complexity index is 575. The Morgan fingerprint density at radius 3 is 2.83 bits per heavy atom. The molecule has 18 heavy (non-hydrogen) atoms. The van der Waals surface area contributed by atoms with Crippen molar-refractivity contribution in [3.63, 3.8) is 0 Å². The summed E-state index contributed by atoms with van der Waals surface area (Å²) in [6.07, 6.45) is 1.25. The molecule has 94 valence electrons. The quantitative estimate of drug-likeness (QED) is 0.793. The Labute approximate surface area is 110 Å². The number of ether oxygens (including phenoxy) is 1. The maximum atomic E-state index is 10.5. The van der Waals surface area contributed by atoms with Gasteiger partial charge in [-0.2, -0.15) is 0 Å². The third kappa shape index (κ3) is 2.43. The summed E-state index contributed by atoms with van der Waals surface area (Å²) in [6.45, 7) is 4.07. The van der Waals surface area contributed by atoms with Crippen LogP contribution < -0.4 is 4.74 Å². The highest BCUT2D eigenvalue weighted by atomic mass is 32.1. The van der Waals surface area contributed by atoms with Gasteiger partial charge >= 0.3 is 0 Å². The first kappa shape index (κ1) is 12.8. The van der Waals surface area contributed by atoms with Gasteiger partial charge < -0.3 is 9.53 Å². The van der Waals surface area contributed by atoms with E-state index in [2.05, 4.69) is 24.0 Å². The molecule has 1 heterocycles. The van der Waals surface area contributed by atoms with Gasteiger partial charge in [0.2, 0.25) is 0 Å². The second kappa shape index (κ2) is 5.31. The minimum absolute atomic E-state index is 0.373. The van der Waals surface area contributed by atoms with Crippen LogP contribution in [0.1, 0.15) is 16.1 Å². The Morgan fingerprint density at radius 1 is 1.39 bits per heavy atom. The summed E-state index contributed by atoms with van der Waals surface area (Å²) in [5.74, 6) is 0.851. The molecule has 0 saturated heterocycles. The standard InChI is InChI=1S/C14H15NO2S/c1-9-6-10(2)14(17-3)11(7-9)12-8-18-13(15-12)4-5-16/h5-8H,4H2,1-3H3. The fraction of sp³-hybridized carbons (Fsp3) is 0.286. The van der Waals surface area contributed by atoms with Crippen molar-refractivity contribution < 1.29 is 9.53 Å². The van der Waals surface area contributed by atoms with Crippen molar-refractivity contribution in [1.82, 2.24) is 4.98 Å². The van der Waals surface area contributed by atoms with Gasteiger partial charge in [0.05, 0.1) is 19.2 Å². The topological polar surface area (TPSA) is 39.2 Å². The van der Waals surface area contributed by atoms with Crippen molar-refractivity contribution in [2.24, 2.45) is 0 Å². The van der Waals surface area contributed by atoms with Gasteiger partial charge in [0.15, 0.2) is 0 Å². The minimum Gasteiger partial charge on any atom is -0.496 e. The van der Waals surface area contributed by atoms with Crippen LogP contribution in [0, 0.1) is 13.8 Å². The minimum atomic E-state index is 0.373. The lowest BCUT2D eigenvalue weighted by Gasteiger charge is -2.11. The fourth-order valence-corrected chi connectivity index (χ4v) is 2.76. The monoisotopic (exact) mass is 261 g/mol. The smallest absolute Gasteiger partial charge is 0.131 e. The number of aromatic nitrogens is 1. The largest absolute Gasteiger partial charge is 0.496 e. The second-order valence-corrected chi connectivity index (χ2v) is 5.10. The van der Waals surface area contributed by atoms with Crippen molar-refractivity contribution in [2.45, 2.75) is 20.3 Å². The van der Waals surface area contributed by atoms with Crippen LogP contribution in [-0.2, 0) is 11.2 Å². The van der Waals surface area contributed by atoms with Crippen LogP contribution in [0.15, 0.2) is 17.5 Å². The highest BCUT2D eigenvalue weighted by molar-refractivity contribution is 7.10. The van der Waals surface area contributed by atoms with Gasteiger partial charge in [0.1, 0.15) is 17.0 Å². The van der Waals surface area contributed by atoms with Crippen LogP contribution in [-0.4, -0.2) is 18.4 Å². The molecule has 0 aliphatic carbocycles. The summed E-state index contributed by atoms with van der Waals surface area (Å²) < 4.78 is 5.45. The number of methoxy groups -OCH3 is 1. The molecule has 2 aromatic rings. The van der Waals surface area contributed by atoms with Crippen LogP contribution >= 0.6 is 11.3 Å².